The van der Waals surface area contributed by atoms with Crippen LogP contribution in [0.15, 0.2) is 0 Å². The predicted molar refractivity (Wildman–Crippen MR) is 64.6 cm³/mol. The van der Waals surface area contributed by atoms with Gasteiger partial charge < -0.3 is 15.3 Å². The van der Waals surface area contributed by atoms with Gasteiger partial charge in [-0.1, -0.05) is 6.42 Å². The molecule has 1 aliphatic heterocycles. The third-order valence-corrected chi connectivity index (χ3v) is 3.16. The Labute approximate surface area is 98.0 Å². The highest BCUT2D eigenvalue weighted by molar-refractivity contribution is 5.66. The van der Waals surface area contributed by atoms with Gasteiger partial charge in [0.2, 0.25) is 0 Å². The topological polar surface area (TPSA) is 52.6 Å². The molecule has 4 heteroatoms. The van der Waals surface area contributed by atoms with Crippen LogP contribution in [0.3, 0.4) is 0 Å². The normalized spacial score (nSPS) is 19.6. The van der Waals surface area contributed by atoms with E-state index in [1.54, 1.807) is 0 Å². The second kappa shape index (κ2) is 7.63. The van der Waals surface area contributed by atoms with Crippen molar-refractivity contribution < 1.29 is 9.90 Å². The standard InChI is InChI=1S/C12H24N2O2/c1-11(5-6-12(15)16)13-7-10-14-8-3-2-4-9-14/h11,13H,2-10H2,1H3,(H,15,16). The van der Waals surface area contributed by atoms with Crippen LogP contribution in [0.5, 0.6) is 0 Å². The molecule has 1 unspecified atom stereocenters. The average Bonchev–Trinajstić information content (AvgIpc) is 2.28. The van der Waals surface area contributed by atoms with Crippen molar-refractivity contribution in [1.29, 1.82) is 0 Å². The van der Waals surface area contributed by atoms with Crippen LogP contribution in [0.1, 0.15) is 39.0 Å². The number of rotatable bonds is 7. The fourth-order valence-electron chi connectivity index (χ4n) is 2.09. The summed E-state index contributed by atoms with van der Waals surface area (Å²) in [5, 5.41) is 11.9. The molecule has 0 radical (unpaired) electrons. The van der Waals surface area contributed by atoms with E-state index in [0.717, 1.165) is 19.5 Å². The highest BCUT2D eigenvalue weighted by atomic mass is 16.4. The van der Waals surface area contributed by atoms with Gasteiger partial charge in [0.1, 0.15) is 0 Å². The molecule has 0 aliphatic carbocycles. The molecule has 94 valence electrons. The Morgan fingerprint density at radius 3 is 2.69 bits per heavy atom. The molecule has 0 amide bonds. The lowest BCUT2D eigenvalue weighted by Gasteiger charge is -2.27. The molecule has 0 aromatic heterocycles. The molecule has 2 N–H and O–H groups in total. The molecule has 0 aromatic rings. The SMILES string of the molecule is CC(CCC(=O)O)NCCN1CCCCC1. The van der Waals surface area contributed by atoms with Crippen LogP contribution in [0.2, 0.25) is 0 Å². The number of hydrogen-bond donors (Lipinski definition) is 2. The Kier molecular flexibility index (Phi) is 6.42. The first-order valence-electron chi connectivity index (χ1n) is 6.36. The molecular weight excluding hydrogens is 204 g/mol. The molecule has 1 saturated heterocycles. The van der Waals surface area contributed by atoms with Crippen LogP contribution in [-0.2, 0) is 4.79 Å². The van der Waals surface area contributed by atoms with E-state index < -0.39 is 5.97 Å². The van der Waals surface area contributed by atoms with Gasteiger partial charge in [-0.3, -0.25) is 4.79 Å². The summed E-state index contributed by atoms with van der Waals surface area (Å²) >= 11 is 0. The Morgan fingerprint density at radius 2 is 2.06 bits per heavy atom. The molecule has 1 aliphatic rings. The molecule has 0 aromatic carbocycles. The van der Waals surface area contributed by atoms with Crippen molar-refractivity contribution in [3.05, 3.63) is 0 Å². The summed E-state index contributed by atoms with van der Waals surface area (Å²) in [7, 11) is 0. The minimum Gasteiger partial charge on any atom is -0.481 e. The van der Waals surface area contributed by atoms with E-state index >= 15 is 0 Å². The molecular formula is C12H24N2O2. The molecule has 1 atom stereocenters. The highest BCUT2D eigenvalue weighted by Crippen LogP contribution is 2.07. The van der Waals surface area contributed by atoms with E-state index in [1.807, 2.05) is 0 Å². The van der Waals surface area contributed by atoms with Crippen molar-refractivity contribution in [3.63, 3.8) is 0 Å². The number of carboxylic acid groups (broad SMARTS) is 1. The number of piperidine rings is 1. The quantitative estimate of drug-likeness (QED) is 0.690. The molecule has 0 spiro atoms. The van der Waals surface area contributed by atoms with Gasteiger partial charge in [0.25, 0.3) is 0 Å². The highest BCUT2D eigenvalue weighted by Gasteiger charge is 2.10. The number of likely N-dealkylation sites (tertiary alicyclic amines) is 1. The van der Waals surface area contributed by atoms with Gasteiger partial charge in [-0.05, 0) is 39.3 Å². The van der Waals surface area contributed by atoms with Crippen molar-refractivity contribution >= 4 is 5.97 Å². The van der Waals surface area contributed by atoms with Crippen molar-refractivity contribution in [2.24, 2.45) is 0 Å². The smallest absolute Gasteiger partial charge is 0.303 e. The summed E-state index contributed by atoms with van der Waals surface area (Å²) < 4.78 is 0. The van der Waals surface area contributed by atoms with E-state index in [4.69, 9.17) is 5.11 Å². The predicted octanol–water partition coefficient (Wildman–Crippen LogP) is 1.32. The third kappa shape index (κ3) is 6.08. The van der Waals surface area contributed by atoms with Crippen LogP contribution in [0.25, 0.3) is 0 Å². The maximum atomic E-state index is 10.4. The van der Waals surface area contributed by atoms with E-state index in [-0.39, 0.29) is 6.42 Å². The Balaban J connectivity index is 1.98. The van der Waals surface area contributed by atoms with Crippen LogP contribution < -0.4 is 5.32 Å². The third-order valence-electron chi connectivity index (χ3n) is 3.16. The van der Waals surface area contributed by atoms with Crippen molar-refractivity contribution in [2.45, 2.75) is 45.1 Å². The fraction of sp³-hybridized carbons (Fsp3) is 0.917. The first-order valence-corrected chi connectivity index (χ1v) is 6.36. The zero-order valence-corrected chi connectivity index (χ0v) is 10.2. The maximum absolute atomic E-state index is 10.4. The molecule has 1 rings (SSSR count). The number of carbonyl (C=O) groups is 1. The zero-order chi connectivity index (χ0) is 11.8. The van der Waals surface area contributed by atoms with Gasteiger partial charge in [-0.15, -0.1) is 0 Å². The summed E-state index contributed by atoms with van der Waals surface area (Å²) in [4.78, 5) is 12.9. The van der Waals surface area contributed by atoms with Crippen molar-refractivity contribution in [1.82, 2.24) is 10.2 Å². The van der Waals surface area contributed by atoms with Crippen LogP contribution in [0.4, 0.5) is 0 Å². The van der Waals surface area contributed by atoms with Gasteiger partial charge in [0.15, 0.2) is 0 Å². The van der Waals surface area contributed by atoms with E-state index in [0.29, 0.717) is 6.04 Å². The average molecular weight is 228 g/mol. The summed E-state index contributed by atoms with van der Waals surface area (Å²) in [5.74, 6) is -0.704. The second-order valence-electron chi connectivity index (χ2n) is 4.69. The Hall–Kier alpha value is -0.610. The van der Waals surface area contributed by atoms with Gasteiger partial charge in [0.05, 0.1) is 0 Å². The molecule has 0 bridgehead atoms. The number of nitrogens with zero attached hydrogens (tertiary/aromatic N) is 1. The zero-order valence-electron chi connectivity index (χ0n) is 10.2. The summed E-state index contributed by atoms with van der Waals surface area (Å²) in [6.07, 6.45) is 5.01. The fourth-order valence-corrected chi connectivity index (χ4v) is 2.09. The van der Waals surface area contributed by atoms with E-state index in [2.05, 4.69) is 17.1 Å². The number of aliphatic carboxylic acids is 1. The lowest BCUT2D eigenvalue weighted by molar-refractivity contribution is -0.137. The summed E-state index contributed by atoms with van der Waals surface area (Å²) in [5.41, 5.74) is 0. The number of carboxylic acids is 1. The number of nitrogens with one attached hydrogen (secondary N) is 1. The van der Waals surface area contributed by atoms with Gasteiger partial charge in [-0.2, -0.15) is 0 Å². The van der Waals surface area contributed by atoms with E-state index in [9.17, 15) is 4.79 Å². The first kappa shape index (κ1) is 13.5. The van der Waals surface area contributed by atoms with E-state index in [1.165, 1.54) is 32.4 Å². The van der Waals surface area contributed by atoms with Crippen LogP contribution >= 0.6 is 0 Å². The van der Waals surface area contributed by atoms with Gasteiger partial charge in [0, 0.05) is 25.6 Å². The molecule has 16 heavy (non-hydrogen) atoms. The van der Waals surface area contributed by atoms with Crippen LogP contribution in [-0.4, -0.2) is 48.2 Å². The van der Waals surface area contributed by atoms with Gasteiger partial charge >= 0.3 is 5.97 Å². The minimum atomic E-state index is -0.704. The lowest BCUT2D eigenvalue weighted by Crippen LogP contribution is -2.38. The largest absolute Gasteiger partial charge is 0.481 e. The first-order chi connectivity index (χ1) is 7.68. The summed E-state index contributed by atoms with van der Waals surface area (Å²) in [6, 6.07) is 0.306. The summed E-state index contributed by atoms with van der Waals surface area (Å²) in [6.45, 7) is 6.58. The second-order valence-corrected chi connectivity index (χ2v) is 4.69. The Bertz CT molecular complexity index is 203. The monoisotopic (exact) mass is 228 g/mol. The molecule has 4 nitrogen and oxygen atoms in total. The maximum Gasteiger partial charge on any atom is 0.303 e. The Morgan fingerprint density at radius 1 is 1.38 bits per heavy atom. The van der Waals surface area contributed by atoms with Crippen LogP contribution in [0, 0.1) is 0 Å². The van der Waals surface area contributed by atoms with Crippen molar-refractivity contribution in [3.8, 4) is 0 Å². The van der Waals surface area contributed by atoms with Gasteiger partial charge in [-0.25, -0.2) is 0 Å². The molecule has 1 heterocycles. The lowest BCUT2D eigenvalue weighted by atomic mass is 10.1. The number of hydrogen-bond acceptors (Lipinski definition) is 3. The van der Waals surface area contributed by atoms with Crippen molar-refractivity contribution in [2.75, 3.05) is 26.2 Å². The molecule has 0 saturated carbocycles. The molecule has 1 fully saturated rings. The minimum absolute atomic E-state index is 0.262.